The van der Waals surface area contributed by atoms with Crippen molar-refractivity contribution < 1.29 is 14.3 Å². The smallest absolute Gasteiger partial charge is 0.306 e. The number of ether oxygens (including phenoxy) is 1. The fraction of sp³-hybridized carbons (Fsp3) is 0.833. The third-order valence-corrected chi connectivity index (χ3v) is 3.06. The van der Waals surface area contributed by atoms with Crippen LogP contribution in [0, 0.1) is 5.92 Å². The quantitative estimate of drug-likeness (QED) is 0.757. The molecule has 0 aromatic carbocycles. The van der Waals surface area contributed by atoms with Crippen molar-refractivity contribution >= 4 is 24.3 Å². The second kappa shape index (κ2) is 9.16. The number of rotatable bonds is 5. The third-order valence-electron chi connectivity index (χ3n) is 3.06. The van der Waals surface area contributed by atoms with Gasteiger partial charge in [0.15, 0.2) is 0 Å². The van der Waals surface area contributed by atoms with Crippen LogP contribution in [0.4, 0.5) is 0 Å². The van der Waals surface area contributed by atoms with E-state index in [1.807, 2.05) is 11.8 Å². The van der Waals surface area contributed by atoms with Crippen molar-refractivity contribution in [3.63, 3.8) is 0 Å². The summed E-state index contributed by atoms with van der Waals surface area (Å²) in [5, 5.41) is 2.86. The van der Waals surface area contributed by atoms with Crippen molar-refractivity contribution in [1.29, 1.82) is 0 Å². The van der Waals surface area contributed by atoms with E-state index in [0.29, 0.717) is 25.5 Å². The molecule has 1 heterocycles. The van der Waals surface area contributed by atoms with Crippen molar-refractivity contribution in [2.45, 2.75) is 26.2 Å². The Morgan fingerprint density at radius 2 is 1.94 bits per heavy atom. The Bertz CT molecular complexity index is 266. The summed E-state index contributed by atoms with van der Waals surface area (Å²) in [5.41, 5.74) is 0. The average Bonchev–Trinajstić information content (AvgIpc) is 2.30. The highest BCUT2D eigenvalue weighted by Crippen LogP contribution is 2.20. The number of hydrogen-bond acceptors (Lipinski definition) is 4. The van der Waals surface area contributed by atoms with E-state index in [2.05, 4.69) is 5.32 Å². The van der Waals surface area contributed by atoms with E-state index in [1.54, 1.807) is 7.05 Å². The Kier molecular flexibility index (Phi) is 8.75. The van der Waals surface area contributed by atoms with E-state index in [-0.39, 0.29) is 24.3 Å². The summed E-state index contributed by atoms with van der Waals surface area (Å²) < 4.78 is 4.93. The van der Waals surface area contributed by atoms with Crippen LogP contribution in [0.3, 0.4) is 0 Å². The van der Waals surface area contributed by atoms with Gasteiger partial charge in [0.1, 0.15) is 0 Å². The van der Waals surface area contributed by atoms with Gasteiger partial charge in [-0.25, -0.2) is 0 Å². The third kappa shape index (κ3) is 5.69. The highest BCUT2D eigenvalue weighted by Gasteiger charge is 2.24. The van der Waals surface area contributed by atoms with Crippen molar-refractivity contribution in [1.82, 2.24) is 10.2 Å². The molecule has 18 heavy (non-hydrogen) atoms. The minimum Gasteiger partial charge on any atom is -0.466 e. The molecular weight excluding hydrogens is 256 g/mol. The number of likely N-dealkylation sites (N-methyl/N-ethyl adjacent to an activating group) is 1. The molecule has 0 aromatic rings. The predicted octanol–water partition coefficient (Wildman–Crippen LogP) is 0.819. The summed E-state index contributed by atoms with van der Waals surface area (Å²) in [6.07, 6.45) is 2.28. The highest BCUT2D eigenvalue weighted by molar-refractivity contribution is 5.85. The maximum absolute atomic E-state index is 11.6. The molecule has 5 nitrogen and oxygen atoms in total. The van der Waals surface area contributed by atoms with Gasteiger partial charge in [0.25, 0.3) is 0 Å². The van der Waals surface area contributed by atoms with Gasteiger partial charge in [-0.1, -0.05) is 0 Å². The number of hydrogen-bond donors (Lipinski definition) is 1. The summed E-state index contributed by atoms with van der Waals surface area (Å²) >= 11 is 0. The molecule has 0 spiro atoms. The molecular formula is C12H23ClN2O3. The molecule has 1 aliphatic rings. The minimum absolute atomic E-state index is 0. The lowest BCUT2D eigenvalue weighted by Crippen LogP contribution is -2.42. The largest absolute Gasteiger partial charge is 0.466 e. The fourth-order valence-corrected chi connectivity index (χ4v) is 2.11. The van der Waals surface area contributed by atoms with E-state index in [9.17, 15) is 9.59 Å². The summed E-state index contributed by atoms with van der Waals surface area (Å²) in [4.78, 5) is 24.8. The maximum Gasteiger partial charge on any atom is 0.306 e. The molecule has 1 saturated heterocycles. The van der Waals surface area contributed by atoms with Crippen molar-refractivity contribution in [3.05, 3.63) is 0 Å². The zero-order valence-corrected chi connectivity index (χ0v) is 11.9. The van der Waals surface area contributed by atoms with Gasteiger partial charge in [-0.3, -0.25) is 9.59 Å². The zero-order valence-electron chi connectivity index (χ0n) is 11.1. The van der Waals surface area contributed by atoms with Gasteiger partial charge in [0, 0.05) is 19.5 Å². The molecule has 0 aliphatic carbocycles. The Morgan fingerprint density at radius 1 is 1.33 bits per heavy atom. The second-order valence-electron chi connectivity index (χ2n) is 4.36. The number of nitrogens with zero attached hydrogens (tertiary/aromatic N) is 1. The number of likely N-dealkylation sites (tertiary alicyclic amines) is 1. The first-order valence-corrected chi connectivity index (χ1v) is 6.25. The molecule has 0 radical (unpaired) electrons. The molecule has 0 atom stereocenters. The minimum atomic E-state index is -0.118. The van der Waals surface area contributed by atoms with Crippen molar-refractivity contribution in [2.75, 3.05) is 33.3 Å². The molecule has 6 heteroatoms. The van der Waals surface area contributed by atoms with E-state index >= 15 is 0 Å². The summed E-state index contributed by atoms with van der Waals surface area (Å²) in [7, 11) is 1.77. The normalized spacial score (nSPS) is 16.0. The van der Waals surface area contributed by atoms with Crippen LogP contribution in [0.2, 0.25) is 0 Å². The number of carbonyl (C=O) groups is 2. The molecule has 1 aliphatic heterocycles. The lowest BCUT2D eigenvalue weighted by molar-refractivity contribution is -0.144. The van der Waals surface area contributed by atoms with Gasteiger partial charge in [0.05, 0.1) is 13.2 Å². The number of carbonyl (C=O) groups excluding carboxylic acids is 2. The van der Waals surface area contributed by atoms with Crippen LogP contribution < -0.4 is 5.32 Å². The summed E-state index contributed by atoms with van der Waals surface area (Å²) in [6, 6.07) is 0. The molecule has 1 rings (SSSR count). The first kappa shape index (κ1) is 17.2. The maximum atomic E-state index is 11.6. The second-order valence-corrected chi connectivity index (χ2v) is 4.36. The van der Waals surface area contributed by atoms with Crippen LogP contribution in [0.25, 0.3) is 0 Å². The number of esters is 1. The van der Waals surface area contributed by atoms with Crippen LogP contribution in [-0.4, -0.2) is 50.1 Å². The first-order chi connectivity index (χ1) is 8.17. The van der Waals surface area contributed by atoms with Crippen molar-refractivity contribution in [3.8, 4) is 0 Å². The Labute approximate surface area is 115 Å². The van der Waals surface area contributed by atoms with Gasteiger partial charge < -0.3 is 15.0 Å². The van der Waals surface area contributed by atoms with Gasteiger partial charge in [-0.05, 0) is 32.7 Å². The lowest BCUT2D eigenvalue weighted by atomic mass is 9.93. The predicted molar refractivity (Wildman–Crippen MR) is 71.7 cm³/mol. The first-order valence-electron chi connectivity index (χ1n) is 6.25. The van der Waals surface area contributed by atoms with Gasteiger partial charge in [-0.2, -0.15) is 0 Å². The van der Waals surface area contributed by atoms with E-state index in [4.69, 9.17) is 4.74 Å². The highest BCUT2D eigenvalue weighted by atomic mass is 35.5. The molecule has 1 fully saturated rings. The SMILES string of the molecule is CCOC(=O)CC1CCN(C(=O)CNC)CC1.Cl. The fourth-order valence-electron chi connectivity index (χ4n) is 2.11. The topological polar surface area (TPSA) is 58.6 Å². The number of halogens is 1. The van der Waals surface area contributed by atoms with E-state index in [0.717, 1.165) is 25.9 Å². The Balaban J connectivity index is 0.00000289. The van der Waals surface area contributed by atoms with Crippen LogP contribution >= 0.6 is 12.4 Å². The average molecular weight is 279 g/mol. The molecule has 0 aromatic heterocycles. The van der Waals surface area contributed by atoms with Crippen molar-refractivity contribution in [2.24, 2.45) is 5.92 Å². The van der Waals surface area contributed by atoms with Crippen LogP contribution in [0.1, 0.15) is 26.2 Å². The number of piperidine rings is 1. The number of amides is 1. The van der Waals surface area contributed by atoms with Crippen LogP contribution in [0.5, 0.6) is 0 Å². The molecule has 1 N–H and O–H groups in total. The molecule has 106 valence electrons. The molecule has 0 bridgehead atoms. The van der Waals surface area contributed by atoms with Crippen LogP contribution in [-0.2, 0) is 14.3 Å². The van der Waals surface area contributed by atoms with Crippen LogP contribution in [0.15, 0.2) is 0 Å². The van der Waals surface area contributed by atoms with E-state index < -0.39 is 0 Å². The molecule has 0 unspecified atom stereocenters. The Morgan fingerprint density at radius 3 is 2.44 bits per heavy atom. The number of nitrogens with one attached hydrogen (secondary N) is 1. The van der Waals surface area contributed by atoms with Gasteiger partial charge >= 0.3 is 5.97 Å². The monoisotopic (exact) mass is 278 g/mol. The molecule has 1 amide bonds. The van der Waals surface area contributed by atoms with Gasteiger partial charge in [-0.15, -0.1) is 12.4 Å². The summed E-state index contributed by atoms with van der Waals surface area (Å²) in [6.45, 7) is 4.16. The lowest BCUT2D eigenvalue weighted by Gasteiger charge is -2.31. The van der Waals surface area contributed by atoms with Gasteiger partial charge in [0.2, 0.25) is 5.91 Å². The molecule has 0 saturated carbocycles. The standard InChI is InChI=1S/C12H22N2O3.ClH/c1-3-17-12(16)8-10-4-6-14(7-5-10)11(15)9-13-2;/h10,13H,3-9H2,1-2H3;1H. The summed E-state index contributed by atoms with van der Waals surface area (Å²) in [5.74, 6) is 0.391. The van der Waals surface area contributed by atoms with E-state index in [1.165, 1.54) is 0 Å². The zero-order chi connectivity index (χ0) is 12.7. The Hall–Kier alpha value is -0.810.